The molecule has 1 saturated carbocycles. The summed E-state index contributed by atoms with van der Waals surface area (Å²) in [7, 11) is 1.64. The number of nitrogens with zero attached hydrogens (tertiary/aromatic N) is 5. The molecule has 0 atom stereocenters. The molecule has 148 valence electrons. The monoisotopic (exact) mass is 384 g/mol. The van der Waals surface area contributed by atoms with Crippen LogP contribution < -0.4 is 5.32 Å². The molecule has 28 heavy (non-hydrogen) atoms. The van der Waals surface area contributed by atoms with Gasteiger partial charge in [0.25, 0.3) is 5.91 Å². The molecule has 3 heterocycles. The molecule has 3 aromatic heterocycles. The molecule has 4 rings (SSSR count). The molecule has 1 fully saturated rings. The summed E-state index contributed by atoms with van der Waals surface area (Å²) in [6.45, 7) is 2.97. The van der Waals surface area contributed by atoms with Gasteiger partial charge < -0.3 is 24.1 Å². The number of fused-ring (bicyclic) bond motifs is 1. The fourth-order valence-electron chi connectivity index (χ4n) is 3.61. The molecule has 1 amide bonds. The zero-order valence-corrected chi connectivity index (χ0v) is 16.0. The summed E-state index contributed by atoms with van der Waals surface area (Å²) >= 11 is 0. The molecular formula is C19H24N6O3. The fraction of sp³-hybridized carbons (Fsp3) is 0.474. The topological polar surface area (TPSA) is 107 Å². The van der Waals surface area contributed by atoms with Gasteiger partial charge in [0.2, 0.25) is 0 Å². The van der Waals surface area contributed by atoms with Crippen LogP contribution in [0.2, 0.25) is 0 Å². The van der Waals surface area contributed by atoms with E-state index in [1.54, 1.807) is 13.3 Å². The first kappa shape index (κ1) is 18.6. The molecule has 0 bridgehead atoms. The Bertz CT molecular complexity index is 989. The number of carbonyl (C=O) groups excluding carboxylic acids is 1. The van der Waals surface area contributed by atoms with Gasteiger partial charge in [-0.05, 0) is 31.4 Å². The average Bonchev–Trinajstić information content (AvgIpc) is 3.25. The number of hydrogen-bond donors (Lipinski definition) is 2. The Balaban J connectivity index is 1.39. The number of amides is 1. The maximum atomic E-state index is 12.5. The SMILES string of the molecule is COCCn1c(CO)nnc1C1CC(NC(=O)c2cn3cc(C)ccc3n2)C1. The Morgan fingerprint density at radius 3 is 2.89 bits per heavy atom. The molecule has 9 heteroatoms. The van der Waals surface area contributed by atoms with E-state index in [0.29, 0.717) is 24.7 Å². The van der Waals surface area contributed by atoms with Crippen molar-refractivity contribution in [1.29, 1.82) is 0 Å². The van der Waals surface area contributed by atoms with Gasteiger partial charge in [0, 0.05) is 38.0 Å². The van der Waals surface area contributed by atoms with E-state index < -0.39 is 0 Å². The van der Waals surface area contributed by atoms with Crippen LogP contribution in [0.5, 0.6) is 0 Å². The Morgan fingerprint density at radius 2 is 2.14 bits per heavy atom. The van der Waals surface area contributed by atoms with Crippen LogP contribution in [0.15, 0.2) is 24.5 Å². The number of aliphatic hydroxyl groups is 1. The van der Waals surface area contributed by atoms with E-state index in [4.69, 9.17) is 4.74 Å². The van der Waals surface area contributed by atoms with E-state index in [2.05, 4.69) is 20.5 Å². The normalized spacial score (nSPS) is 19.0. The van der Waals surface area contributed by atoms with Crippen LogP contribution in [0, 0.1) is 6.92 Å². The quantitative estimate of drug-likeness (QED) is 0.631. The summed E-state index contributed by atoms with van der Waals surface area (Å²) in [6.07, 6.45) is 5.27. The highest BCUT2D eigenvalue weighted by Crippen LogP contribution is 2.36. The smallest absolute Gasteiger partial charge is 0.271 e. The Hall–Kier alpha value is -2.78. The number of nitrogens with one attached hydrogen (secondary N) is 1. The second-order valence-electron chi connectivity index (χ2n) is 7.21. The first-order valence-corrected chi connectivity index (χ1v) is 9.37. The lowest BCUT2D eigenvalue weighted by atomic mass is 9.79. The van der Waals surface area contributed by atoms with Gasteiger partial charge in [0.15, 0.2) is 5.82 Å². The van der Waals surface area contributed by atoms with E-state index >= 15 is 0 Å². The highest BCUT2D eigenvalue weighted by Gasteiger charge is 2.35. The predicted octanol–water partition coefficient (Wildman–Crippen LogP) is 1.05. The van der Waals surface area contributed by atoms with Gasteiger partial charge in [-0.25, -0.2) is 4.98 Å². The average molecular weight is 384 g/mol. The van der Waals surface area contributed by atoms with Gasteiger partial charge in [-0.3, -0.25) is 4.79 Å². The minimum absolute atomic E-state index is 0.0780. The van der Waals surface area contributed by atoms with E-state index in [9.17, 15) is 9.90 Å². The molecule has 0 radical (unpaired) electrons. The van der Waals surface area contributed by atoms with Crippen LogP contribution in [0.1, 0.15) is 46.5 Å². The highest BCUT2D eigenvalue weighted by molar-refractivity contribution is 5.93. The number of imidazole rings is 1. The molecular weight excluding hydrogens is 360 g/mol. The van der Waals surface area contributed by atoms with Crippen molar-refractivity contribution in [3.8, 4) is 0 Å². The largest absolute Gasteiger partial charge is 0.388 e. The fourth-order valence-corrected chi connectivity index (χ4v) is 3.61. The third-order valence-corrected chi connectivity index (χ3v) is 5.19. The molecule has 0 unspecified atom stereocenters. The van der Waals surface area contributed by atoms with Crippen molar-refractivity contribution in [3.63, 3.8) is 0 Å². The minimum atomic E-state index is -0.165. The van der Waals surface area contributed by atoms with Crippen molar-refractivity contribution in [2.75, 3.05) is 13.7 Å². The van der Waals surface area contributed by atoms with Crippen LogP contribution in [0.25, 0.3) is 5.65 Å². The van der Waals surface area contributed by atoms with E-state index in [1.165, 1.54) is 0 Å². The summed E-state index contributed by atoms with van der Waals surface area (Å²) in [6, 6.07) is 3.95. The number of aliphatic hydroxyl groups excluding tert-OH is 1. The van der Waals surface area contributed by atoms with Gasteiger partial charge in [0.1, 0.15) is 23.8 Å². The lowest BCUT2D eigenvalue weighted by Crippen LogP contribution is -2.44. The summed E-state index contributed by atoms with van der Waals surface area (Å²) in [5.41, 5.74) is 2.28. The Kier molecular flexibility index (Phi) is 5.10. The molecule has 1 aliphatic rings. The third-order valence-electron chi connectivity index (χ3n) is 5.19. The number of ether oxygens (including phenoxy) is 1. The van der Waals surface area contributed by atoms with Crippen molar-refractivity contribution in [2.45, 2.75) is 44.9 Å². The van der Waals surface area contributed by atoms with Gasteiger partial charge in [-0.2, -0.15) is 0 Å². The van der Waals surface area contributed by atoms with Gasteiger partial charge in [0.05, 0.1) is 6.61 Å². The summed E-state index contributed by atoms with van der Waals surface area (Å²) < 4.78 is 8.91. The molecule has 0 aliphatic heterocycles. The first-order chi connectivity index (χ1) is 13.6. The van der Waals surface area contributed by atoms with E-state index in [0.717, 1.165) is 29.9 Å². The summed E-state index contributed by atoms with van der Waals surface area (Å²) in [4.78, 5) is 16.9. The second kappa shape index (κ2) is 7.69. The van der Waals surface area contributed by atoms with Gasteiger partial charge >= 0.3 is 0 Å². The standard InChI is InChI=1S/C19H24N6O3/c1-12-3-4-16-21-15(10-24(16)9-12)19(27)20-14-7-13(8-14)18-23-22-17(11-26)25(18)5-6-28-2/h3-4,9-10,13-14,26H,5-8,11H2,1-2H3,(H,20,27). The number of carbonyl (C=O) groups is 1. The molecule has 9 nitrogen and oxygen atoms in total. The number of rotatable bonds is 7. The van der Waals surface area contributed by atoms with Crippen molar-refractivity contribution < 1.29 is 14.6 Å². The van der Waals surface area contributed by atoms with E-state index in [1.807, 2.05) is 34.2 Å². The highest BCUT2D eigenvalue weighted by atomic mass is 16.5. The lowest BCUT2D eigenvalue weighted by molar-refractivity contribution is 0.0901. The minimum Gasteiger partial charge on any atom is -0.388 e. The third kappa shape index (κ3) is 3.50. The number of aromatic nitrogens is 5. The van der Waals surface area contributed by atoms with Crippen LogP contribution in [0.3, 0.4) is 0 Å². The van der Waals surface area contributed by atoms with Crippen molar-refractivity contribution in [1.82, 2.24) is 29.5 Å². The zero-order valence-electron chi connectivity index (χ0n) is 16.0. The number of methoxy groups -OCH3 is 1. The van der Waals surface area contributed by atoms with Crippen LogP contribution >= 0.6 is 0 Å². The molecule has 0 aromatic carbocycles. The van der Waals surface area contributed by atoms with Crippen molar-refractivity contribution >= 4 is 11.6 Å². The molecule has 3 aromatic rings. The molecule has 0 saturated heterocycles. The molecule has 2 N–H and O–H groups in total. The molecule has 0 spiro atoms. The van der Waals surface area contributed by atoms with E-state index in [-0.39, 0.29) is 24.5 Å². The van der Waals surface area contributed by atoms with Gasteiger partial charge in [-0.15, -0.1) is 10.2 Å². The van der Waals surface area contributed by atoms with Crippen LogP contribution in [0.4, 0.5) is 0 Å². The number of pyridine rings is 1. The summed E-state index contributed by atoms with van der Waals surface area (Å²) in [5, 5.41) is 20.8. The lowest BCUT2D eigenvalue weighted by Gasteiger charge is -2.35. The maximum absolute atomic E-state index is 12.5. The van der Waals surface area contributed by atoms with Crippen LogP contribution in [-0.4, -0.2) is 54.9 Å². The maximum Gasteiger partial charge on any atom is 0.271 e. The second-order valence-corrected chi connectivity index (χ2v) is 7.21. The molecule has 1 aliphatic carbocycles. The Labute approximate surface area is 162 Å². The van der Waals surface area contributed by atoms with Crippen LogP contribution in [-0.2, 0) is 17.9 Å². The summed E-state index contributed by atoms with van der Waals surface area (Å²) in [5.74, 6) is 1.43. The van der Waals surface area contributed by atoms with Gasteiger partial charge in [-0.1, -0.05) is 6.07 Å². The first-order valence-electron chi connectivity index (χ1n) is 9.37. The number of aryl methyl sites for hydroxylation is 1. The van der Waals surface area contributed by atoms with Crippen molar-refractivity contribution in [2.24, 2.45) is 0 Å². The number of hydrogen-bond acceptors (Lipinski definition) is 6. The zero-order chi connectivity index (χ0) is 19.7. The Morgan fingerprint density at radius 1 is 1.32 bits per heavy atom. The van der Waals surface area contributed by atoms with Crippen molar-refractivity contribution in [3.05, 3.63) is 47.4 Å². The predicted molar refractivity (Wildman–Crippen MR) is 101 cm³/mol.